The summed E-state index contributed by atoms with van der Waals surface area (Å²) < 4.78 is 0. The van der Waals surface area contributed by atoms with Crippen LogP contribution in [0.2, 0.25) is 0 Å². The van der Waals surface area contributed by atoms with Crippen molar-refractivity contribution in [2.24, 2.45) is 4.99 Å². The maximum atomic E-state index is 4.24. The van der Waals surface area contributed by atoms with Gasteiger partial charge in [-0.2, -0.15) is 0 Å². The van der Waals surface area contributed by atoms with Crippen LogP contribution in [0.3, 0.4) is 0 Å². The number of aryl methyl sites for hydroxylation is 2. The monoisotopic (exact) mass is 161 g/mol. The van der Waals surface area contributed by atoms with Crippen LogP contribution in [-0.2, 0) is 0 Å². The van der Waals surface area contributed by atoms with E-state index in [9.17, 15) is 0 Å². The maximum absolute atomic E-state index is 4.24. The second-order valence-electron chi connectivity index (χ2n) is 3.09. The van der Waals surface area contributed by atoms with Gasteiger partial charge in [0.15, 0.2) is 0 Å². The van der Waals surface area contributed by atoms with Gasteiger partial charge < -0.3 is 0 Å². The largest absolute Gasteiger partial charge is 0.262 e. The molecule has 0 N–H and O–H groups in total. The van der Waals surface area contributed by atoms with E-state index in [1.165, 1.54) is 16.7 Å². The van der Waals surface area contributed by atoms with Gasteiger partial charge in [-0.1, -0.05) is 0 Å². The summed E-state index contributed by atoms with van der Waals surface area (Å²) in [5.41, 5.74) is 5.05. The number of nitrogens with zero attached hydrogens (tertiary/aromatic N) is 1. The first kappa shape index (κ1) is 8.98. The van der Waals surface area contributed by atoms with Crippen molar-refractivity contribution in [3.05, 3.63) is 28.8 Å². The number of hydrogen-bond acceptors (Lipinski definition) is 1. The van der Waals surface area contributed by atoms with Crippen LogP contribution in [0.5, 0.6) is 0 Å². The van der Waals surface area contributed by atoms with E-state index in [1.54, 1.807) is 0 Å². The summed E-state index contributed by atoms with van der Waals surface area (Å²) in [6, 6.07) is 4.23. The molecule has 0 heterocycles. The highest BCUT2D eigenvalue weighted by Gasteiger charge is 1.98. The molecule has 0 amide bonds. The van der Waals surface area contributed by atoms with Crippen LogP contribution >= 0.6 is 0 Å². The Morgan fingerprint density at radius 3 is 2.00 bits per heavy atom. The highest BCUT2D eigenvalue weighted by atomic mass is 14.7. The quantitative estimate of drug-likeness (QED) is 0.560. The van der Waals surface area contributed by atoms with Crippen molar-refractivity contribution in [3.8, 4) is 0 Å². The number of benzene rings is 1. The van der Waals surface area contributed by atoms with Gasteiger partial charge in [-0.25, -0.2) is 0 Å². The van der Waals surface area contributed by atoms with E-state index in [2.05, 4.69) is 37.9 Å². The van der Waals surface area contributed by atoms with Crippen molar-refractivity contribution in [1.82, 2.24) is 0 Å². The van der Waals surface area contributed by atoms with Gasteiger partial charge in [0.1, 0.15) is 0 Å². The zero-order chi connectivity index (χ0) is 9.14. The molecule has 1 heteroatoms. The summed E-state index contributed by atoms with van der Waals surface area (Å²) in [4.78, 5) is 4.24. The van der Waals surface area contributed by atoms with Gasteiger partial charge in [0, 0.05) is 6.21 Å². The summed E-state index contributed by atoms with van der Waals surface area (Å²) in [5, 5.41) is 0. The maximum Gasteiger partial charge on any atom is 0.0631 e. The molecule has 0 unspecified atom stereocenters. The van der Waals surface area contributed by atoms with Gasteiger partial charge in [0.2, 0.25) is 0 Å². The molecule has 0 aliphatic rings. The first-order valence-electron chi connectivity index (χ1n) is 4.21. The molecule has 64 valence electrons. The van der Waals surface area contributed by atoms with Crippen LogP contribution in [0.4, 0.5) is 5.69 Å². The predicted octanol–water partition coefficient (Wildman–Crippen LogP) is 3.33. The number of rotatable bonds is 1. The minimum atomic E-state index is 1.05. The second-order valence-corrected chi connectivity index (χ2v) is 3.09. The Labute approximate surface area is 74.2 Å². The van der Waals surface area contributed by atoms with Crippen molar-refractivity contribution in [1.29, 1.82) is 0 Å². The molecule has 1 aromatic rings. The molecule has 1 aromatic carbocycles. The van der Waals surface area contributed by atoms with Crippen LogP contribution in [0.15, 0.2) is 17.1 Å². The summed E-state index contributed by atoms with van der Waals surface area (Å²) in [6.07, 6.45) is 1.82. The molecule has 12 heavy (non-hydrogen) atoms. The van der Waals surface area contributed by atoms with Crippen molar-refractivity contribution >= 4 is 11.9 Å². The molecule has 0 bridgehead atoms. The highest BCUT2D eigenvalue weighted by Crippen LogP contribution is 2.20. The van der Waals surface area contributed by atoms with Crippen LogP contribution in [-0.4, -0.2) is 6.21 Å². The van der Waals surface area contributed by atoms with Gasteiger partial charge in [0.05, 0.1) is 5.69 Å². The Balaban J connectivity index is 3.21. The minimum Gasteiger partial charge on any atom is -0.262 e. The first-order valence-corrected chi connectivity index (χ1v) is 4.21. The van der Waals surface area contributed by atoms with Crippen LogP contribution in [0, 0.1) is 20.8 Å². The zero-order valence-electron chi connectivity index (χ0n) is 8.18. The molecule has 0 atom stereocenters. The van der Waals surface area contributed by atoms with E-state index in [1.807, 2.05) is 13.1 Å². The normalized spacial score (nSPS) is 11.0. The lowest BCUT2D eigenvalue weighted by Gasteiger charge is -2.05. The topological polar surface area (TPSA) is 12.4 Å². The SMILES string of the molecule is CC=Nc1cc(C)c(C)c(C)c1. The lowest BCUT2D eigenvalue weighted by molar-refractivity contribution is 1.26. The van der Waals surface area contributed by atoms with Crippen molar-refractivity contribution in [2.75, 3.05) is 0 Å². The molecule has 0 saturated carbocycles. The van der Waals surface area contributed by atoms with E-state index < -0.39 is 0 Å². The zero-order valence-corrected chi connectivity index (χ0v) is 8.18. The molecule has 0 spiro atoms. The van der Waals surface area contributed by atoms with Crippen LogP contribution < -0.4 is 0 Å². The third-order valence-corrected chi connectivity index (χ3v) is 2.19. The molecule has 0 radical (unpaired) electrons. The molecule has 1 rings (SSSR count). The lowest BCUT2D eigenvalue weighted by atomic mass is 10.0. The van der Waals surface area contributed by atoms with Crippen LogP contribution in [0.25, 0.3) is 0 Å². The third-order valence-electron chi connectivity index (χ3n) is 2.19. The van der Waals surface area contributed by atoms with Gasteiger partial charge in [-0.15, -0.1) is 0 Å². The molecular weight excluding hydrogens is 146 g/mol. The van der Waals surface area contributed by atoms with E-state index in [0.717, 1.165) is 5.69 Å². The predicted molar refractivity (Wildman–Crippen MR) is 54.5 cm³/mol. The number of hydrogen-bond donors (Lipinski definition) is 0. The fourth-order valence-electron chi connectivity index (χ4n) is 1.24. The highest BCUT2D eigenvalue weighted by molar-refractivity contribution is 5.61. The summed E-state index contributed by atoms with van der Waals surface area (Å²) in [7, 11) is 0. The van der Waals surface area contributed by atoms with Crippen molar-refractivity contribution in [3.63, 3.8) is 0 Å². The molecule has 0 aromatic heterocycles. The van der Waals surface area contributed by atoms with Gasteiger partial charge in [0.25, 0.3) is 0 Å². The number of aliphatic imine (C=N–C) groups is 1. The summed E-state index contributed by atoms with van der Waals surface area (Å²) in [5.74, 6) is 0. The lowest BCUT2D eigenvalue weighted by Crippen LogP contribution is -1.84. The van der Waals surface area contributed by atoms with Gasteiger partial charge >= 0.3 is 0 Å². The van der Waals surface area contributed by atoms with Crippen molar-refractivity contribution in [2.45, 2.75) is 27.7 Å². The summed E-state index contributed by atoms with van der Waals surface area (Å²) >= 11 is 0. The fourth-order valence-corrected chi connectivity index (χ4v) is 1.24. The second kappa shape index (κ2) is 3.53. The Kier molecular flexibility index (Phi) is 2.64. The Morgan fingerprint density at radius 2 is 1.58 bits per heavy atom. The standard InChI is InChI=1S/C11H15N/c1-5-12-11-6-8(2)10(4)9(3)7-11/h5-7H,1-4H3. The average molecular weight is 161 g/mol. The molecule has 0 saturated heterocycles. The van der Waals surface area contributed by atoms with Gasteiger partial charge in [-0.3, -0.25) is 4.99 Å². The summed E-state index contributed by atoms with van der Waals surface area (Å²) in [6.45, 7) is 8.32. The smallest absolute Gasteiger partial charge is 0.0631 e. The van der Waals surface area contributed by atoms with E-state index >= 15 is 0 Å². The molecule has 1 nitrogen and oxygen atoms in total. The Morgan fingerprint density at radius 1 is 1.08 bits per heavy atom. The fraction of sp³-hybridized carbons (Fsp3) is 0.364. The first-order chi connectivity index (χ1) is 5.65. The van der Waals surface area contributed by atoms with Gasteiger partial charge in [-0.05, 0) is 56.5 Å². The molecule has 0 fully saturated rings. The van der Waals surface area contributed by atoms with E-state index in [4.69, 9.17) is 0 Å². The van der Waals surface area contributed by atoms with Crippen LogP contribution in [0.1, 0.15) is 23.6 Å². The molecular formula is C11H15N. The third kappa shape index (κ3) is 1.73. The molecule has 0 aliphatic carbocycles. The minimum absolute atomic E-state index is 1.05. The Bertz CT molecular complexity index is 288. The van der Waals surface area contributed by atoms with Crippen molar-refractivity contribution < 1.29 is 0 Å². The molecule has 0 aliphatic heterocycles. The Hall–Kier alpha value is -1.11. The van der Waals surface area contributed by atoms with E-state index in [0.29, 0.717) is 0 Å². The van der Waals surface area contributed by atoms with E-state index in [-0.39, 0.29) is 0 Å². The average Bonchev–Trinajstić information content (AvgIpc) is 2.01.